The third kappa shape index (κ3) is 3.99. The van der Waals surface area contributed by atoms with Crippen LogP contribution in [0.25, 0.3) is 5.69 Å². The number of nitrogens with zero attached hydrogens (tertiary/aromatic N) is 5. The highest BCUT2D eigenvalue weighted by Crippen LogP contribution is 2.22. The number of amides is 1. The zero-order valence-electron chi connectivity index (χ0n) is 16.3. The van der Waals surface area contributed by atoms with Crippen LogP contribution in [0.15, 0.2) is 55.1 Å². The standard InChI is InChI=1S/C21H26N6O/c1-16(2)27-15-17(13-23-27)14-25-10-4-8-20(25)21(28)24-18-6-3-7-19(12-18)26-11-5-9-22-26/h3,5-7,9,11-13,15-16,20H,4,8,10,14H2,1-2H3,(H,24,28)/t20-/m0/s1. The molecular formula is C21H26N6O. The summed E-state index contributed by atoms with van der Waals surface area (Å²) >= 11 is 0. The second-order valence-corrected chi connectivity index (χ2v) is 7.54. The van der Waals surface area contributed by atoms with Gasteiger partial charge in [-0.05, 0) is 57.5 Å². The second-order valence-electron chi connectivity index (χ2n) is 7.54. The van der Waals surface area contributed by atoms with Crippen LogP contribution >= 0.6 is 0 Å². The number of likely N-dealkylation sites (tertiary alicyclic amines) is 1. The molecule has 3 heterocycles. The van der Waals surface area contributed by atoms with Crippen molar-refractivity contribution in [1.82, 2.24) is 24.5 Å². The maximum absolute atomic E-state index is 12.9. The average molecular weight is 378 g/mol. The van der Waals surface area contributed by atoms with E-state index in [-0.39, 0.29) is 11.9 Å². The Bertz CT molecular complexity index is 930. The average Bonchev–Trinajstić information content (AvgIpc) is 3.44. The molecule has 1 fully saturated rings. The number of benzene rings is 1. The molecule has 0 bridgehead atoms. The molecule has 1 saturated heterocycles. The van der Waals surface area contributed by atoms with Gasteiger partial charge in [0.15, 0.2) is 0 Å². The lowest BCUT2D eigenvalue weighted by Crippen LogP contribution is -2.39. The summed E-state index contributed by atoms with van der Waals surface area (Å²) in [7, 11) is 0. The van der Waals surface area contributed by atoms with Gasteiger partial charge in [-0.3, -0.25) is 14.4 Å². The number of carbonyl (C=O) groups is 1. The summed E-state index contributed by atoms with van der Waals surface area (Å²) in [6.45, 7) is 5.90. The van der Waals surface area contributed by atoms with Gasteiger partial charge in [0, 0.05) is 42.4 Å². The zero-order chi connectivity index (χ0) is 19.5. The SMILES string of the molecule is CC(C)n1cc(CN2CCC[C@H]2C(=O)Nc2cccc(-n3cccn3)c2)cn1. The minimum atomic E-state index is -0.115. The van der Waals surface area contributed by atoms with E-state index >= 15 is 0 Å². The first-order valence-corrected chi connectivity index (χ1v) is 9.78. The first kappa shape index (κ1) is 18.4. The Labute approximate surface area is 165 Å². The fourth-order valence-corrected chi connectivity index (χ4v) is 3.66. The van der Waals surface area contributed by atoms with E-state index in [4.69, 9.17) is 0 Å². The molecule has 1 aliphatic heterocycles. The fourth-order valence-electron chi connectivity index (χ4n) is 3.66. The van der Waals surface area contributed by atoms with Gasteiger partial charge in [-0.15, -0.1) is 0 Å². The molecule has 3 aromatic rings. The maximum Gasteiger partial charge on any atom is 0.241 e. The van der Waals surface area contributed by atoms with Crippen molar-refractivity contribution in [2.24, 2.45) is 0 Å². The van der Waals surface area contributed by atoms with E-state index in [1.165, 1.54) is 0 Å². The van der Waals surface area contributed by atoms with Crippen LogP contribution in [-0.2, 0) is 11.3 Å². The monoisotopic (exact) mass is 378 g/mol. The quantitative estimate of drug-likeness (QED) is 0.715. The van der Waals surface area contributed by atoms with Crippen molar-refractivity contribution in [2.45, 2.75) is 45.3 Å². The first-order chi connectivity index (χ1) is 13.6. The summed E-state index contributed by atoms with van der Waals surface area (Å²) in [5.41, 5.74) is 2.86. The largest absolute Gasteiger partial charge is 0.325 e. The molecule has 1 amide bonds. The van der Waals surface area contributed by atoms with Crippen molar-refractivity contribution >= 4 is 11.6 Å². The Hall–Kier alpha value is -2.93. The molecule has 0 unspecified atom stereocenters. The number of aromatic nitrogens is 4. The number of hydrogen-bond acceptors (Lipinski definition) is 4. The van der Waals surface area contributed by atoms with Crippen LogP contribution in [0.2, 0.25) is 0 Å². The number of carbonyl (C=O) groups excluding carboxylic acids is 1. The van der Waals surface area contributed by atoms with Crippen LogP contribution in [0, 0.1) is 0 Å². The molecule has 0 aliphatic carbocycles. The van der Waals surface area contributed by atoms with Gasteiger partial charge in [-0.1, -0.05) is 6.07 Å². The van der Waals surface area contributed by atoms with Crippen molar-refractivity contribution < 1.29 is 4.79 Å². The Kier molecular flexibility index (Phi) is 5.25. The lowest BCUT2D eigenvalue weighted by atomic mass is 10.2. The van der Waals surface area contributed by atoms with E-state index in [1.54, 1.807) is 10.9 Å². The van der Waals surface area contributed by atoms with Gasteiger partial charge in [0.25, 0.3) is 0 Å². The van der Waals surface area contributed by atoms with Gasteiger partial charge in [0.05, 0.1) is 17.9 Å². The topological polar surface area (TPSA) is 68.0 Å². The Balaban J connectivity index is 1.43. The van der Waals surface area contributed by atoms with Gasteiger partial charge in [-0.2, -0.15) is 10.2 Å². The summed E-state index contributed by atoms with van der Waals surface area (Å²) in [5, 5.41) is 11.7. The number of rotatable bonds is 6. The van der Waals surface area contributed by atoms with Crippen molar-refractivity contribution in [3.05, 3.63) is 60.7 Å². The summed E-state index contributed by atoms with van der Waals surface area (Å²) in [5.74, 6) is 0.0476. The van der Waals surface area contributed by atoms with Crippen molar-refractivity contribution in [1.29, 1.82) is 0 Å². The van der Waals surface area contributed by atoms with Crippen LogP contribution in [0.4, 0.5) is 5.69 Å². The van der Waals surface area contributed by atoms with E-state index in [2.05, 4.69) is 40.5 Å². The zero-order valence-corrected chi connectivity index (χ0v) is 16.3. The van der Waals surface area contributed by atoms with Gasteiger partial charge in [-0.25, -0.2) is 4.68 Å². The smallest absolute Gasteiger partial charge is 0.241 e. The van der Waals surface area contributed by atoms with Crippen molar-refractivity contribution in [3.63, 3.8) is 0 Å². The predicted molar refractivity (Wildman–Crippen MR) is 108 cm³/mol. The molecule has 146 valence electrons. The van der Waals surface area contributed by atoms with Crippen LogP contribution in [0.3, 0.4) is 0 Å². The number of nitrogens with one attached hydrogen (secondary N) is 1. The molecule has 4 rings (SSSR count). The Morgan fingerprint density at radius 2 is 2.18 bits per heavy atom. The molecule has 7 heteroatoms. The van der Waals surface area contributed by atoms with Crippen LogP contribution in [-0.4, -0.2) is 43.0 Å². The highest BCUT2D eigenvalue weighted by Gasteiger charge is 2.31. The Morgan fingerprint density at radius 1 is 1.29 bits per heavy atom. The van der Waals surface area contributed by atoms with E-state index in [9.17, 15) is 4.79 Å². The van der Waals surface area contributed by atoms with Gasteiger partial charge >= 0.3 is 0 Å². The minimum absolute atomic E-state index is 0.0476. The van der Waals surface area contributed by atoms with Crippen LogP contribution in [0.1, 0.15) is 38.3 Å². The fraction of sp³-hybridized carbons (Fsp3) is 0.381. The van der Waals surface area contributed by atoms with Gasteiger partial charge < -0.3 is 5.32 Å². The first-order valence-electron chi connectivity index (χ1n) is 9.78. The van der Waals surface area contributed by atoms with E-state index in [1.807, 2.05) is 47.4 Å². The third-order valence-electron chi connectivity index (χ3n) is 5.12. The van der Waals surface area contributed by atoms with E-state index in [0.717, 1.165) is 42.9 Å². The number of anilines is 1. The summed E-state index contributed by atoms with van der Waals surface area (Å²) in [6, 6.07) is 9.86. The Morgan fingerprint density at radius 3 is 2.93 bits per heavy atom. The number of hydrogen-bond donors (Lipinski definition) is 1. The molecular weight excluding hydrogens is 352 g/mol. The van der Waals surface area contributed by atoms with Crippen LogP contribution in [0.5, 0.6) is 0 Å². The molecule has 0 spiro atoms. The summed E-state index contributed by atoms with van der Waals surface area (Å²) in [4.78, 5) is 15.2. The highest BCUT2D eigenvalue weighted by molar-refractivity contribution is 5.95. The lowest BCUT2D eigenvalue weighted by molar-refractivity contribution is -0.120. The lowest BCUT2D eigenvalue weighted by Gasteiger charge is -2.23. The molecule has 7 nitrogen and oxygen atoms in total. The van der Waals surface area contributed by atoms with Gasteiger partial charge in [0.1, 0.15) is 0 Å². The molecule has 1 atom stereocenters. The molecule has 28 heavy (non-hydrogen) atoms. The molecule has 0 saturated carbocycles. The highest BCUT2D eigenvalue weighted by atomic mass is 16.2. The van der Waals surface area contributed by atoms with Gasteiger partial charge in [0.2, 0.25) is 5.91 Å². The summed E-state index contributed by atoms with van der Waals surface area (Å²) < 4.78 is 3.74. The normalized spacial score (nSPS) is 17.3. The molecule has 1 aliphatic rings. The van der Waals surface area contributed by atoms with Crippen molar-refractivity contribution in [3.8, 4) is 5.69 Å². The van der Waals surface area contributed by atoms with Crippen molar-refractivity contribution in [2.75, 3.05) is 11.9 Å². The van der Waals surface area contributed by atoms with E-state index in [0.29, 0.717) is 6.04 Å². The molecule has 0 radical (unpaired) electrons. The molecule has 1 N–H and O–H groups in total. The summed E-state index contributed by atoms with van der Waals surface area (Å²) in [6.07, 6.45) is 9.51. The molecule has 2 aromatic heterocycles. The third-order valence-corrected chi connectivity index (χ3v) is 5.12. The maximum atomic E-state index is 12.9. The predicted octanol–water partition coefficient (Wildman–Crippen LogP) is 3.25. The second kappa shape index (κ2) is 7.98. The van der Waals surface area contributed by atoms with E-state index < -0.39 is 0 Å². The molecule has 1 aromatic carbocycles. The van der Waals surface area contributed by atoms with Crippen LogP contribution < -0.4 is 5.32 Å². The minimum Gasteiger partial charge on any atom is -0.325 e.